The van der Waals surface area contributed by atoms with Gasteiger partial charge in [0.15, 0.2) is 0 Å². The topological polar surface area (TPSA) is 78.9 Å². The molecule has 1 amide bonds. The number of nitrogens with one attached hydrogen (secondary N) is 3. The van der Waals surface area contributed by atoms with Crippen molar-refractivity contribution in [3.05, 3.63) is 77.1 Å². The maximum absolute atomic E-state index is 13.6. The van der Waals surface area contributed by atoms with E-state index >= 15 is 0 Å². The van der Waals surface area contributed by atoms with E-state index in [4.69, 9.17) is 0 Å². The quantitative estimate of drug-likeness (QED) is 0.417. The Labute approximate surface area is 202 Å². The van der Waals surface area contributed by atoms with Crippen molar-refractivity contribution in [1.29, 1.82) is 0 Å². The molecule has 1 saturated heterocycles. The number of rotatable bonds is 7. The van der Waals surface area contributed by atoms with E-state index < -0.39 is 11.7 Å². The summed E-state index contributed by atoms with van der Waals surface area (Å²) >= 11 is 0. The molecule has 184 valence electrons. The molecule has 2 aromatic carbocycles. The van der Waals surface area contributed by atoms with Crippen LogP contribution in [-0.2, 0) is 23.8 Å². The molecule has 0 aliphatic carbocycles. The van der Waals surface area contributed by atoms with E-state index in [0.29, 0.717) is 17.3 Å². The normalized spacial score (nSPS) is 16.1. The molecular formula is C26H28F3N5O. The van der Waals surface area contributed by atoms with Crippen molar-refractivity contribution in [3.8, 4) is 0 Å². The second kappa shape index (κ2) is 10.9. The highest BCUT2D eigenvalue weighted by atomic mass is 19.4. The number of amides is 1. The van der Waals surface area contributed by atoms with Crippen LogP contribution in [0.15, 0.2) is 54.7 Å². The monoisotopic (exact) mass is 483 g/mol. The van der Waals surface area contributed by atoms with Crippen molar-refractivity contribution < 1.29 is 18.0 Å². The van der Waals surface area contributed by atoms with Gasteiger partial charge in [-0.05, 0) is 67.5 Å². The van der Waals surface area contributed by atoms with Crippen LogP contribution in [0.5, 0.6) is 0 Å². The van der Waals surface area contributed by atoms with Crippen LogP contribution in [0.2, 0.25) is 0 Å². The third kappa shape index (κ3) is 6.57. The number of aryl methyl sites for hydroxylation is 2. The minimum Gasteiger partial charge on any atom is -0.326 e. The van der Waals surface area contributed by atoms with Crippen molar-refractivity contribution in [2.75, 3.05) is 23.7 Å². The first-order valence-corrected chi connectivity index (χ1v) is 11.7. The summed E-state index contributed by atoms with van der Waals surface area (Å²) in [5, 5.41) is 9.14. The number of hydrogen-bond donors (Lipinski definition) is 3. The molecule has 0 spiro atoms. The Kier molecular flexibility index (Phi) is 7.65. The smallest absolute Gasteiger partial charge is 0.326 e. The molecule has 9 heteroatoms. The van der Waals surface area contributed by atoms with Gasteiger partial charge in [0.1, 0.15) is 0 Å². The van der Waals surface area contributed by atoms with Crippen molar-refractivity contribution in [1.82, 2.24) is 15.3 Å². The molecule has 1 aliphatic rings. The van der Waals surface area contributed by atoms with Gasteiger partial charge < -0.3 is 16.0 Å². The third-order valence-corrected chi connectivity index (χ3v) is 6.07. The Balaban J connectivity index is 1.52. The summed E-state index contributed by atoms with van der Waals surface area (Å²) in [4.78, 5) is 19.6. The number of halogens is 3. The van der Waals surface area contributed by atoms with Gasteiger partial charge in [-0.15, -0.1) is 0 Å². The van der Waals surface area contributed by atoms with Gasteiger partial charge in [0.2, 0.25) is 11.9 Å². The number of carbonyl (C=O) groups is 1. The van der Waals surface area contributed by atoms with E-state index in [1.54, 1.807) is 24.3 Å². The van der Waals surface area contributed by atoms with Gasteiger partial charge >= 0.3 is 6.18 Å². The van der Waals surface area contributed by atoms with Gasteiger partial charge in [0.25, 0.3) is 0 Å². The molecule has 6 nitrogen and oxygen atoms in total. The van der Waals surface area contributed by atoms with E-state index in [1.807, 2.05) is 24.3 Å². The van der Waals surface area contributed by atoms with Crippen LogP contribution in [0.4, 0.5) is 30.5 Å². The maximum atomic E-state index is 13.6. The fourth-order valence-electron chi connectivity index (χ4n) is 4.31. The Bertz CT molecular complexity index is 1160. The molecular weight excluding hydrogens is 455 g/mol. The first-order valence-electron chi connectivity index (χ1n) is 11.7. The number of aromatic nitrogens is 2. The Hall–Kier alpha value is -3.46. The van der Waals surface area contributed by atoms with Crippen LogP contribution < -0.4 is 16.0 Å². The molecule has 0 saturated carbocycles. The molecule has 3 aromatic rings. The molecule has 1 aliphatic heterocycles. The number of hydrogen-bond acceptors (Lipinski definition) is 5. The molecule has 0 bridgehead atoms. The summed E-state index contributed by atoms with van der Waals surface area (Å²) < 4.78 is 40.9. The Morgan fingerprint density at radius 1 is 1.11 bits per heavy atom. The summed E-state index contributed by atoms with van der Waals surface area (Å²) in [7, 11) is 0. The van der Waals surface area contributed by atoms with Gasteiger partial charge in [0.05, 0.1) is 11.3 Å². The van der Waals surface area contributed by atoms with E-state index in [1.165, 1.54) is 12.5 Å². The van der Waals surface area contributed by atoms with Gasteiger partial charge in [-0.3, -0.25) is 4.79 Å². The second-order valence-electron chi connectivity index (χ2n) is 8.68. The number of nitrogens with zero attached hydrogens (tertiary/aromatic N) is 2. The van der Waals surface area contributed by atoms with Gasteiger partial charge in [-0.1, -0.05) is 30.3 Å². The predicted octanol–water partition coefficient (Wildman–Crippen LogP) is 5.45. The zero-order valence-corrected chi connectivity index (χ0v) is 19.5. The number of para-hydroxylation sites is 1. The summed E-state index contributed by atoms with van der Waals surface area (Å²) in [5.74, 6) is 0.329. The van der Waals surface area contributed by atoms with Crippen molar-refractivity contribution in [3.63, 3.8) is 0 Å². The number of alkyl halides is 3. The highest BCUT2D eigenvalue weighted by Crippen LogP contribution is 2.33. The standard InChI is InChI=1S/C26H28F3N5O/c1-17(35)32-23-7-3-2-5-19(23)10-13-24-22(26(27,28)29)16-31-25(34-24)33-21-11-8-18(9-12-21)20-6-4-14-30-15-20/h2-3,5,7-9,11-12,16,20,30H,4,6,10,13-15H2,1H3,(H,32,35)(H,31,33,34). The zero-order chi connectivity index (χ0) is 24.8. The first-order chi connectivity index (χ1) is 16.8. The predicted molar refractivity (Wildman–Crippen MR) is 130 cm³/mol. The largest absolute Gasteiger partial charge is 0.419 e. The Morgan fingerprint density at radius 3 is 2.57 bits per heavy atom. The van der Waals surface area contributed by atoms with Crippen LogP contribution in [0.3, 0.4) is 0 Å². The fourth-order valence-corrected chi connectivity index (χ4v) is 4.31. The summed E-state index contributed by atoms with van der Waals surface area (Å²) in [6, 6.07) is 14.9. The van der Waals surface area contributed by atoms with Gasteiger partial charge in [-0.2, -0.15) is 13.2 Å². The van der Waals surface area contributed by atoms with Gasteiger partial charge in [0, 0.05) is 31.0 Å². The molecule has 1 fully saturated rings. The molecule has 35 heavy (non-hydrogen) atoms. The number of benzene rings is 2. The lowest BCUT2D eigenvalue weighted by Crippen LogP contribution is -2.28. The minimum atomic E-state index is -4.57. The summed E-state index contributed by atoms with van der Waals surface area (Å²) in [5.41, 5.74) is 2.29. The molecule has 0 radical (unpaired) electrons. The van der Waals surface area contributed by atoms with Crippen molar-refractivity contribution in [2.45, 2.75) is 44.7 Å². The van der Waals surface area contributed by atoms with Gasteiger partial charge in [-0.25, -0.2) is 9.97 Å². The fraction of sp³-hybridized carbons (Fsp3) is 0.346. The lowest BCUT2D eigenvalue weighted by Gasteiger charge is -2.23. The average molecular weight is 484 g/mol. The third-order valence-electron chi connectivity index (χ3n) is 6.07. The van der Waals surface area contributed by atoms with Crippen LogP contribution in [0, 0.1) is 0 Å². The molecule has 1 unspecified atom stereocenters. The molecule has 2 heterocycles. The first kappa shape index (κ1) is 24.7. The molecule has 4 rings (SSSR count). The number of carbonyl (C=O) groups excluding carboxylic acids is 1. The van der Waals surface area contributed by atoms with Crippen LogP contribution in [-0.4, -0.2) is 29.0 Å². The van der Waals surface area contributed by atoms with Crippen molar-refractivity contribution >= 4 is 23.2 Å². The van der Waals surface area contributed by atoms with Crippen LogP contribution in [0.1, 0.15) is 48.1 Å². The average Bonchev–Trinajstić information content (AvgIpc) is 2.83. The van der Waals surface area contributed by atoms with Crippen LogP contribution >= 0.6 is 0 Å². The second-order valence-corrected chi connectivity index (χ2v) is 8.68. The van der Waals surface area contributed by atoms with E-state index in [0.717, 1.165) is 37.7 Å². The summed E-state index contributed by atoms with van der Waals surface area (Å²) in [6.45, 7) is 3.38. The number of anilines is 3. The van der Waals surface area contributed by atoms with E-state index in [-0.39, 0.29) is 30.4 Å². The molecule has 1 aromatic heterocycles. The minimum absolute atomic E-state index is 0.0380. The van der Waals surface area contributed by atoms with Crippen molar-refractivity contribution in [2.24, 2.45) is 0 Å². The SMILES string of the molecule is CC(=O)Nc1ccccc1CCc1nc(Nc2ccc(C3CCCNC3)cc2)ncc1C(F)(F)F. The maximum Gasteiger partial charge on any atom is 0.419 e. The lowest BCUT2D eigenvalue weighted by molar-refractivity contribution is -0.138. The molecule has 1 atom stereocenters. The highest BCUT2D eigenvalue weighted by Gasteiger charge is 2.35. The zero-order valence-electron chi connectivity index (χ0n) is 19.5. The van der Waals surface area contributed by atoms with E-state index in [2.05, 4.69) is 25.9 Å². The highest BCUT2D eigenvalue weighted by molar-refractivity contribution is 5.89. The van der Waals surface area contributed by atoms with E-state index in [9.17, 15) is 18.0 Å². The summed E-state index contributed by atoms with van der Waals surface area (Å²) in [6.07, 6.45) is -1.15. The van der Waals surface area contributed by atoms with Crippen LogP contribution in [0.25, 0.3) is 0 Å². The number of piperidine rings is 1. The molecule has 3 N–H and O–H groups in total. The Morgan fingerprint density at radius 2 is 1.89 bits per heavy atom. The lowest BCUT2D eigenvalue weighted by atomic mass is 9.92.